The summed E-state index contributed by atoms with van der Waals surface area (Å²) < 4.78 is 0. The van der Waals surface area contributed by atoms with Crippen molar-refractivity contribution in [2.75, 3.05) is 14.2 Å². The molecule has 104 valence electrons. The first-order valence-corrected chi connectivity index (χ1v) is 6.16. The number of carboxylic acids is 1. The van der Waals surface area contributed by atoms with Crippen LogP contribution in [-0.2, 0) is 4.84 Å². The monoisotopic (exact) mass is 345 g/mol. The molecule has 0 saturated heterocycles. The third kappa shape index (κ3) is 2.90. The van der Waals surface area contributed by atoms with Crippen LogP contribution in [0.1, 0.15) is 20.7 Å². The molecule has 1 N–H and O–H groups in total. The molecule has 0 spiro atoms. The van der Waals surface area contributed by atoms with Gasteiger partial charge in [-0.2, -0.15) is 0 Å². The minimum atomic E-state index is -1.40. The fourth-order valence-corrected chi connectivity index (χ4v) is 2.42. The number of hydroxylamine groups is 2. The Morgan fingerprint density at radius 2 is 1.37 bits per heavy atom. The maximum atomic E-state index is 12.0. The van der Waals surface area contributed by atoms with Crippen molar-refractivity contribution in [2.45, 2.75) is 0 Å². The van der Waals surface area contributed by atoms with Crippen LogP contribution in [0.2, 0.25) is 20.1 Å². The second-order valence-corrected chi connectivity index (χ2v) is 4.81. The van der Waals surface area contributed by atoms with E-state index in [-0.39, 0.29) is 25.7 Å². The molecule has 0 aliphatic carbocycles. The van der Waals surface area contributed by atoms with Gasteiger partial charge in [-0.1, -0.05) is 46.4 Å². The zero-order chi connectivity index (χ0) is 14.9. The molecular weight excluding hydrogens is 340 g/mol. The standard InChI is InChI=1S/C10H7Cl4NO4/c1-15(19-2)9(16)3-5(11)7(13)4(10(17)18)8(14)6(3)12/h1-2H3,(H,17,18). The Morgan fingerprint density at radius 3 is 1.68 bits per heavy atom. The van der Waals surface area contributed by atoms with Gasteiger partial charge in [-0.3, -0.25) is 9.63 Å². The lowest BCUT2D eigenvalue weighted by atomic mass is 10.1. The summed E-state index contributed by atoms with van der Waals surface area (Å²) in [5.41, 5.74) is -0.692. The molecule has 9 heteroatoms. The van der Waals surface area contributed by atoms with Gasteiger partial charge in [-0.05, 0) is 0 Å². The van der Waals surface area contributed by atoms with Gasteiger partial charge in [0, 0.05) is 7.05 Å². The van der Waals surface area contributed by atoms with Gasteiger partial charge in [0.25, 0.3) is 5.91 Å². The smallest absolute Gasteiger partial charge is 0.338 e. The number of hydrogen-bond acceptors (Lipinski definition) is 3. The van der Waals surface area contributed by atoms with Gasteiger partial charge in [0.2, 0.25) is 0 Å². The molecule has 0 fully saturated rings. The molecule has 0 radical (unpaired) electrons. The zero-order valence-electron chi connectivity index (χ0n) is 9.63. The van der Waals surface area contributed by atoms with Crippen LogP contribution in [0.4, 0.5) is 0 Å². The molecule has 0 aliphatic rings. The average molecular weight is 347 g/mol. The van der Waals surface area contributed by atoms with E-state index in [2.05, 4.69) is 0 Å². The Balaban J connectivity index is 3.62. The van der Waals surface area contributed by atoms with Crippen LogP contribution < -0.4 is 0 Å². The van der Waals surface area contributed by atoms with E-state index >= 15 is 0 Å². The summed E-state index contributed by atoms with van der Waals surface area (Å²) in [6.45, 7) is 0. The first kappa shape index (κ1) is 16.3. The van der Waals surface area contributed by atoms with Crippen LogP contribution in [0, 0.1) is 0 Å². The number of amides is 1. The second-order valence-electron chi connectivity index (χ2n) is 3.30. The quantitative estimate of drug-likeness (QED) is 0.670. The van der Waals surface area contributed by atoms with E-state index in [9.17, 15) is 9.59 Å². The van der Waals surface area contributed by atoms with Crippen molar-refractivity contribution in [2.24, 2.45) is 0 Å². The highest BCUT2D eigenvalue weighted by molar-refractivity contribution is 6.52. The first-order valence-electron chi connectivity index (χ1n) is 4.65. The van der Waals surface area contributed by atoms with E-state index in [1.165, 1.54) is 14.2 Å². The van der Waals surface area contributed by atoms with Gasteiger partial charge in [0.15, 0.2) is 0 Å². The fraction of sp³-hybridized carbons (Fsp3) is 0.200. The molecular formula is C10H7Cl4NO4. The molecule has 0 aliphatic heterocycles. The van der Waals surface area contributed by atoms with E-state index in [4.69, 9.17) is 56.3 Å². The van der Waals surface area contributed by atoms with E-state index < -0.39 is 17.4 Å². The Labute approximate surface area is 128 Å². The number of halogens is 4. The maximum absolute atomic E-state index is 12.0. The molecule has 5 nitrogen and oxygen atoms in total. The molecule has 0 aromatic heterocycles. The molecule has 19 heavy (non-hydrogen) atoms. The number of carbonyl (C=O) groups is 2. The Morgan fingerprint density at radius 1 is 1.00 bits per heavy atom. The predicted octanol–water partition coefficient (Wildman–Crippen LogP) is 3.63. The van der Waals surface area contributed by atoms with Crippen LogP contribution in [-0.4, -0.2) is 36.2 Å². The van der Waals surface area contributed by atoms with Gasteiger partial charge < -0.3 is 5.11 Å². The molecule has 0 saturated carbocycles. The number of hydrogen-bond donors (Lipinski definition) is 1. The van der Waals surface area contributed by atoms with E-state index in [0.717, 1.165) is 5.06 Å². The van der Waals surface area contributed by atoms with Crippen molar-refractivity contribution in [3.05, 3.63) is 31.2 Å². The highest BCUT2D eigenvalue weighted by Crippen LogP contribution is 2.41. The number of nitrogens with zero attached hydrogens (tertiary/aromatic N) is 1. The summed E-state index contributed by atoms with van der Waals surface area (Å²) in [7, 11) is 2.58. The molecule has 1 amide bonds. The number of benzene rings is 1. The van der Waals surface area contributed by atoms with Gasteiger partial charge in [0.1, 0.15) is 0 Å². The van der Waals surface area contributed by atoms with Crippen molar-refractivity contribution < 1.29 is 19.5 Å². The first-order chi connectivity index (χ1) is 8.73. The van der Waals surface area contributed by atoms with Crippen molar-refractivity contribution in [3.8, 4) is 0 Å². The normalized spacial score (nSPS) is 10.4. The molecule has 1 aromatic rings. The molecule has 0 atom stereocenters. The SMILES string of the molecule is CON(C)C(=O)c1c(Cl)c(Cl)c(C(=O)O)c(Cl)c1Cl. The van der Waals surface area contributed by atoms with E-state index in [1.807, 2.05) is 0 Å². The highest BCUT2D eigenvalue weighted by atomic mass is 35.5. The fourth-order valence-electron chi connectivity index (χ4n) is 1.25. The molecule has 0 heterocycles. The summed E-state index contributed by atoms with van der Waals surface area (Å²) in [5, 5.41) is 8.49. The Hall–Kier alpha value is -0.720. The van der Waals surface area contributed by atoms with Gasteiger partial charge in [-0.25, -0.2) is 9.86 Å². The van der Waals surface area contributed by atoms with Crippen molar-refractivity contribution in [3.63, 3.8) is 0 Å². The predicted molar refractivity (Wildman–Crippen MR) is 72.5 cm³/mol. The molecule has 0 unspecified atom stereocenters. The zero-order valence-corrected chi connectivity index (χ0v) is 12.7. The lowest BCUT2D eigenvalue weighted by Gasteiger charge is -2.17. The van der Waals surface area contributed by atoms with Crippen LogP contribution >= 0.6 is 46.4 Å². The number of carbonyl (C=O) groups excluding carboxylic acids is 1. The molecule has 1 rings (SSSR count). The third-order valence-electron chi connectivity index (χ3n) is 2.25. The summed E-state index contributed by atoms with van der Waals surface area (Å²) >= 11 is 23.3. The lowest BCUT2D eigenvalue weighted by molar-refractivity contribution is -0.0756. The minimum Gasteiger partial charge on any atom is -0.478 e. The highest BCUT2D eigenvalue weighted by Gasteiger charge is 2.29. The van der Waals surface area contributed by atoms with Crippen LogP contribution in [0.3, 0.4) is 0 Å². The summed E-state index contributed by atoms with van der Waals surface area (Å²) in [6, 6.07) is 0. The average Bonchev–Trinajstić information content (AvgIpc) is 2.35. The Bertz CT molecular complexity index is 532. The Kier molecular flexibility index (Phi) is 5.29. The number of rotatable bonds is 3. The second kappa shape index (κ2) is 6.15. The topological polar surface area (TPSA) is 66.8 Å². The van der Waals surface area contributed by atoms with Crippen molar-refractivity contribution in [1.29, 1.82) is 0 Å². The van der Waals surface area contributed by atoms with E-state index in [0.29, 0.717) is 0 Å². The summed E-state index contributed by atoms with van der Waals surface area (Å²) in [4.78, 5) is 27.7. The van der Waals surface area contributed by atoms with Crippen LogP contribution in [0.15, 0.2) is 0 Å². The number of aromatic carboxylic acids is 1. The molecule has 1 aromatic carbocycles. The third-order valence-corrected chi connectivity index (χ3v) is 3.96. The largest absolute Gasteiger partial charge is 0.478 e. The van der Waals surface area contributed by atoms with Gasteiger partial charge in [0.05, 0.1) is 38.3 Å². The van der Waals surface area contributed by atoms with Crippen molar-refractivity contribution in [1.82, 2.24) is 5.06 Å². The number of carboxylic acid groups (broad SMARTS) is 1. The summed E-state index contributed by atoms with van der Waals surface area (Å²) in [6.07, 6.45) is 0. The lowest BCUT2D eigenvalue weighted by Crippen LogP contribution is -2.26. The van der Waals surface area contributed by atoms with Gasteiger partial charge >= 0.3 is 5.97 Å². The van der Waals surface area contributed by atoms with Crippen LogP contribution in [0.5, 0.6) is 0 Å². The minimum absolute atomic E-state index is 0.229. The summed E-state index contributed by atoms with van der Waals surface area (Å²) in [5.74, 6) is -2.11. The van der Waals surface area contributed by atoms with Crippen molar-refractivity contribution >= 4 is 58.3 Å². The van der Waals surface area contributed by atoms with Crippen LogP contribution in [0.25, 0.3) is 0 Å². The van der Waals surface area contributed by atoms with E-state index in [1.54, 1.807) is 0 Å². The molecule has 0 bridgehead atoms. The van der Waals surface area contributed by atoms with Gasteiger partial charge in [-0.15, -0.1) is 0 Å². The maximum Gasteiger partial charge on any atom is 0.338 e.